The first kappa shape index (κ1) is 35.5. The molecule has 3 aliphatic rings. The Kier molecular flexibility index (Phi) is 10.3. The van der Waals surface area contributed by atoms with Crippen LogP contribution in [0.3, 0.4) is 0 Å². The second-order valence-corrected chi connectivity index (χ2v) is 13.6. The summed E-state index contributed by atoms with van der Waals surface area (Å²) in [6.45, 7) is 10.7. The Bertz CT molecular complexity index is 1780. The number of piperazine rings is 2. The number of aromatic amines is 1. The van der Waals surface area contributed by atoms with Gasteiger partial charge in [0.25, 0.3) is 5.91 Å². The number of alkyl halides is 3. The summed E-state index contributed by atoms with van der Waals surface area (Å²) in [5.74, 6) is -1.08. The lowest BCUT2D eigenvalue weighted by Crippen LogP contribution is -2.55. The summed E-state index contributed by atoms with van der Waals surface area (Å²) >= 11 is 0. The fourth-order valence-corrected chi connectivity index (χ4v) is 6.82. The van der Waals surface area contributed by atoms with E-state index in [4.69, 9.17) is 0 Å². The van der Waals surface area contributed by atoms with E-state index in [0.717, 1.165) is 44.5 Å². The number of hydrogen-bond donors (Lipinski definition) is 2. The molecule has 0 unspecified atom stereocenters. The van der Waals surface area contributed by atoms with Gasteiger partial charge in [-0.1, -0.05) is 6.08 Å². The smallest absolute Gasteiger partial charge is 0.367 e. The van der Waals surface area contributed by atoms with E-state index in [2.05, 4.69) is 42.0 Å². The number of likely N-dealkylation sites (N-methyl/N-ethyl adjacent to an activating group) is 2. The molecule has 0 bridgehead atoms. The summed E-state index contributed by atoms with van der Waals surface area (Å²) in [6.07, 6.45) is 1.97. The molecular weight excluding hydrogens is 654 g/mol. The van der Waals surface area contributed by atoms with Crippen molar-refractivity contribution in [3.05, 3.63) is 81.3 Å². The highest BCUT2D eigenvalue weighted by Crippen LogP contribution is 2.37. The zero-order chi connectivity index (χ0) is 35.7. The van der Waals surface area contributed by atoms with Crippen molar-refractivity contribution in [1.29, 1.82) is 0 Å². The fraction of sp³-hybridized carbons (Fsp3) is 0.486. The van der Waals surface area contributed by atoms with Gasteiger partial charge in [0.05, 0.1) is 22.5 Å². The Hall–Kier alpha value is -4.34. The number of aromatic nitrogens is 3. The largest absolute Gasteiger partial charge is 0.417 e. The summed E-state index contributed by atoms with van der Waals surface area (Å²) in [7, 11) is 4.11. The predicted molar refractivity (Wildman–Crippen MR) is 185 cm³/mol. The standard InChI is InChI=1S/C35H43F4N9O2/c1-22-18-48(19-23(2)45(22)4)31-14-29(36)26(12-30(31)43-33(50)27-17-40-32(49)13-28(27)35(37,38)39)25-6-5-7-47(21-25)34-41-15-24(16-42-34)20-46-10-8-44(3)9-11-46/h6,12-17,22-23H,5,7-11,18-21H2,1-4H3,(H,40,49)(H,43,50)/t22-,23+. The van der Waals surface area contributed by atoms with Crippen LogP contribution in [0, 0.1) is 5.82 Å². The number of nitrogens with zero attached hydrogens (tertiary/aromatic N) is 7. The van der Waals surface area contributed by atoms with Crippen LogP contribution in [-0.2, 0) is 12.7 Å². The Balaban J connectivity index is 1.28. The zero-order valence-electron chi connectivity index (χ0n) is 28.7. The number of carbonyl (C=O) groups excluding carboxylic acids is 1. The molecule has 3 aliphatic heterocycles. The number of anilines is 3. The van der Waals surface area contributed by atoms with Gasteiger partial charge in [-0.15, -0.1) is 0 Å². The second kappa shape index (κ2) is 14.5. The van der Waals surface area contributed by atoms with E-state index in [1.54, 1.807) is 0 Å². The molecule has 268 valence electrons. The predicted octanol–water partition coefficient (Wildman–Crippen LogP) is 4.15. The number of hydrogen-bond acceptors (Lipinski definition) is 9. The van der Waals surface area contributed by atoms with Crippen molar-refractivity contribution in [3.8, 4) is 0 Å². The summed E-state index contributed by atoms with van der Waals surface area (Å²) in [6, 6.07) is 3.37. The minimum Gasteiger partial charge on any atom is -0.367 e. The Morgan fingerprint density at radius 3 is 2.32 bits per heavy atom. The lowest BCUT2D eigenvalue weighted by Gasteiger charge is -2.44. The van der Waals surface area contributed by atoms with E-state index >= 15 is 4.39 Å². The number of rotatable bonds is 7. The van der Waals surface area contributed by atoms with E-state index in [1.165, 1.54) is 12.1 Å². The van der Waals surface area contributed by atoms with Crippen LogP contribution in [0.4, 0.5) is 34.9 Å². The molecule has 0 aliphatic carbocycles. The number of nitrogens with one attached hydrogen (secondary N) is 2. The minimum atomic E-state index is -4.94. The maximum Gasteiger partial charge on any atom is 0.417 e. The third-order valence-electron chi connectivity index (χ3n) is 9.98. The van der Waals surface area contributed by atoms with E-state index < -0.39 is 34.6 Å². The molecule has 50 heavy (non-hydrogen) atoms. The zero-order valence-corrected chi connectivity index (χ0v) is 28.7. The van der Waals surface area contributed by atoms with Gasteiger partial charge >= 0.3 is 6.18 Å². The first-order chi connectivity index (χ1) is 23.8. The van der Waals surface area contributed by atoms with Crippen LogP contribution in [0.1, 0.15) is 47.3 Å². The third kappa shape index (κ3) is 7.84. The van der Waals surface area contributed by atoms with E-state index in [9.17, 15) is 22.8 Å². The van der Waals surface area contributed by atoms with Crippen LogP contribution in [0.5, 0.6) is 0 Å². The third-order valence-corrected chi connectivity index (χ3v) is 9.98. The van der Waals surface area contributed by atoms with Gasteiger partial charge < -0.3 is 25.0 Å². The van der Waals surface area contributed by atoms with Crippen molar-refractivity contribution in [3.63, 3.8) is 0 Å². The minimum absolute atomic E-state index is 0.0867. The van der Waals surface area contributed by atoms with Crippen molar-refractivity contribution in [2.45, 2.75) is 45.1 Å². The maximum atomic E-state index is 16.2. The highest BCUT2D eigenvalue weighted by Gasteiger charge is 2.36. The molecule has 0 spiro atoms. The Labute approximate surface area is 288 Å². The van der Waals surface area contributed by atoms with Gasteiger partial charge in [-0.25, -0.2) is 14.4 Å². The molecular formula is C35H43F4N9O2. The van der Waals surface area contributed by atoms with E-state index in [0.29, 0.717) is 55.9 Å². The highest BCUT2D eigenvalue weighted by molar-refractivity contribution is 6.07. The normalized spacial score (nSPS) is 21.3. The molecule has 0 saturated carbocycles. The van der Waals surface area contributed by atoms with Crippen molar-refractivity contribution in [1.82, 2.24) is 29.7 Å². The van der Waals surface area contributed by atoms with Crippen molar-refractivity contribution in [2.75, 3.05) is 81.6 Å². The van der Waals surface area contributed by atoms with E-state index in [-0.39, 0.29) is 23.3 Å². The van der Waals surface area contributed by atoms with Gasteiger partial charge in [0, 0.05) is 107 Å². The summed E-state index contributed by atoms with van der Waals surface area (Å²) in [5, 5.41) is 2.63. The molecule has 2 aromatic heterocycles. The monoisotopic (exact) mass is 697 g/mol. The van der Waals surface area contributed by atoms with Crippen molar-refractivity contribution < 1.29 is 22.4 Å². The van der Waals surface area contributed by atoms with Crippen LogP contribution < -0.4 is 20.7 Å². The molecule has 2 fully saturated rings. The fourth-order valence-electron chi connectivity index (χ4n) is 6.82. The van der Waals surface area contributed by atoms with Crippen molar-refractivity contribution in [2.24, 2.45) is 0 Å². The van der Waals surface area contributed by atoms with Gasteiger partial charge in [-0.2, -0.15) is 13.2 Å². The molecule has 6 rings (SSSR count). The van der Waals surface area contributed by atoms with Gasteiger partial charge in [-0.05, 0) is 52.1 Å². The average molecular weight is 698 g/mol. The maximum absolute atomic E-state index is 16.2. The van der Waals surface area contributed by atoms with Gasteiger partial charge in [0.15, 0.2) is 0 Å². The number of halogens is 4. The number of pyridine rings is 1. The molecule has 3 aromatic rings. The van der Waals surface area contributed by atoms with E-state index in [1.807, 2.05) is 49.2 Å². The summed E-state index contributed by atoms with van der Waals surface area (Å²) < 4.78 is 57.8. The molecule has 5 heterocycles. The van der Waals surface area contributed by atoms with Gasteiger partial charge in [0.1, 0.15) is 5.82 Å². The van der Waals surface area contributed by atoms with Crippen LogP contribution in [0.15, 0.2) is 47.7 Å². The first-order valence-electron chi connectivity index (χ1n) is 16.8. The summed E-state index contributed by atoms with van der Waals surface area (Å²) in [5.41, 5.74) is -0.698. The molecule has 0 radical (unpaired) electrons. The second-order valence-electron chi connectivity index (χ2n) is 13.6. The Morgan fingerprint density at radius 1 is 0.980 bits per heavy atom. The molecule has 2 atom stereocenters. The van der Waals surface area contributed by atoms with Crippen molar-refractivity contribution >= 4 is 28.8 Å². The number of benzene rings is 1. The highest BCUT2D eigenvalue weighted by atomic mass is 19.4. The molecule has 2 saturated heterocycles. The molecule has 2 N–H and O–H groups in total. The average Bonchev–Trinajstić information content (AvgIpc) is 3.08. The molecule has 15 heteroatoms. The van der Waals surface area contributed by atoms with Crippen LogP contribution in [0.25, 0.3) is 5.57 Å². The van der Waals surface area contributed by atoms with Gasteiger partial charge in [0.2, 0.25) is 11.5 Å². The lowest BCUT2D eigenvalue weighted by atomic mass is 9.98. The number of amides is 1. The van der Waals surface area contributed by atoms with Crippen LogP contribution in [-0.4, -0.2) is 114 Å². The lowest BCUT2D eigenvalue weighted by molar-refractivity contribution is -0.138. The molecule has 1 amide bonds. The number of H-pyrrole nitrogens is 1. The Morgan fingerprint density at radius 2 is 1.66 bits per heavy atom. The number of carbonyl (C=O) groups is 1. The molecule has 1 aromatic carbocycles. The van der Waals surface area contributed by atoms with Gasteiger partial charge in [-0.3, -0.25) is 19.4 Å². The van der Waals surface area contributed by atoms with Crippen LogP contribution >= 0.6 is 0 Å². The summed E-state index contributed by atoms with van der Waals surface area (Å²) in [4.78, 5) is 47.4. The SMILES string of the molecule is C[C@@H]1CN(c2cc(F)c(C3=CCCN(c4ncc(CN5CCN(C)CC5)cn4)C3)cc2NC(=O)c2c[nH]c(=O)cc2C(F)(F)F)C[C@H](C)N1C. The first-order valence-corrected chi connectivity index (χ1v) is 16.8. The topological polar surface area (TPSA) is 104 Å². The quantitative estimate of drug-likeness (QED) is 0.353. The molecule has 11 nitrogen and oxygen atoms in total. The van der Waals surface area contributed by atoms with Crippen LogP contribution in [0.2, 0.25) is 0 Å².